The third-order valence-corrected chi connectivity index (χ3v) is 5.80. The fourth-order valence-electron chi connectivity index (χ4n) is 4.04. The van der Waals surface area contributed by atoms with Crippen LogP contribution in [0, 0.1) is 0 Å². The Morgan fingerprint density at radius 3 is 1.85 bits per heavy atom. The molecule has 8 nitrogen and oxygen atoms in total. The molecule has 178 valence electrons. The van der Waals surface area contributed by atoms with Gasteiger partial charge in [0.05, 0.1) is 0 Å². The Morgan fingerprint density at radius 2 is 1.33 bits per heavy atom. The van der Waals surface area contributed by atoms with Gasteiger partial charge in [0.25, 0.3) is 0 Å². The summed E-state index contributed by atoms with van der Waals surface area (Å²) in [6, 6.07) is 8.76. The number of aromatic nitrogens is 2. The van der Waals surface area contributed by atoms with E-state index in [9.17, 15) is 18.0 Å². The number of piperazine rings is 1. The number of ether oxygens (including phenoxy) is 1. The van der Waals surface area contributed by atoms with Gasteiger partial charge in [0.1, 0.15) is 5.75 Å². The van der Waals surface area contributed by atoms with Crippen LogP contribution in [-0.2, 0) is 0 Å². The van der Waals surface area contributed by atoms with Crippen molar-refractivity contribution in [3.63, 3.8) is 0 Å². The molecule has 2 aliphatic heterocycles. The normalized spacial score (nSPS) is 17.5. The van der Waals surface area contributed by atoms with E-state index in [4.69, 9.17) is 0 Å². The molecule has 2 aromatic rings. The lowest BCUT2D eigenvalue weighted by Crippen LogP contribution is -2.50. The maximum Gasteiger partial charge on any atom is 0.573 e. The number of carbonyl (C=O) groups excluding carboxylic acids is 1. The van der Waals surface area contributed by atoms with Crippen molar-refractivity contribution in [2.45, 2.75) is 32.0 Å². The number of urea groups is 1. The van der Waals surface area contributed by atoms with Crippen LogP contribution in [-0.4, -0.2) is 66.8 Å². The fraction of sp³-hybridized carbons (Fsp3) is 0.500. The highest BCUT2D eigenvalue weighted by molar-refractivity contribution is 5.89. The first-order chi connectivity index (χ1) is 15.9. The number of hydrogen-bond donors (Lipinski definition) is 1. The summed E-state index contributed by atoms with van der Waals surface area (Å²) >= 11 is 0. The number of anilines is 3. The van der Waals surface area contributed by atoms with Crippen molar-refractivity contribution in [3.05, 3.63) is 36.4 Å². The molecule has 2 fully saturated rings. The monoisotopic (exact) mass is 464 g/mol. The highest BCUT2D eigenvalue weighted by Gasteiger charge is 2.31. The summed E-state index contributed by atoms with van der Waals surface area (Å²) in [7, 11) is 0. The zero-order valence-electron chi connectivity index (χ0n) is 18.2. The molecule has 1 aromatic carbocycles. The third-order valence-electron chi connectivity index (χ3n) is 5.80. The molecule has 4 rings (SSSR count). The number of alkyl halides is 3. The zero-order valence-corrected chi connectivity index (χ0v) is 18.2. The maximum atomic E-state index is 12.5. The van der Waals surface area contributed by atoms with Crippen LogP contribution in [0.15, 0.2) is 36.4 Å². The van der Waals surface area contributed by atoms with Crippen LogP contribution in [0.1, 0.15) is 25.7 Å². The van der Waals surface area contributed by atoms with Crippen LogP contribution in [0.3, 0.4) is 0 Å². The lowest BCUT2D eigenvalue weighted by Gasteiger charge is -2.35. The summed E-state index contributed by atoms with van der Waals surface area (Å²) in [5.74, 6) is 1.36. The van der Waals surface area contributed by atoms with Crippen LogP contribution in [0.2, 0.25) is 0 Å². The van der Waals surface area contributed by atoms with Crippen LogP contribution >= 0.6 is 0 Å². The summed E-state index contributed by atoms with van der Waals surface area (Å²) in [5, 5.41) is 11.5. The van der Waals surface area contributed by atoms with Crippen molar-refractivity contribution in [2.75, 3.05) is 54.4 Å². The second kappa shape index (κ2) is 10.1. The van der Waals surface area contributed by atoms with E-state index in [1.54, 1.807) is 4.90 Å². The smallest absolute Gasteiger partial charge is 0.406 e. The van der Waals surface area contributed by atoms with Gasteiger partial charge in [-0.3, -0.25) is 0 Å². The number of carbonyl (C=O) groups is 1. The van der Waals surface area contributed by atoms with Gasteiger partial charge in [0.2, 0.25) is 0 Å². The standard InChI is InChI=1S/C22H27F3N6O2/c23-22(24,25)33-18-7-5-17(6-8-18)26-21(32)31-15-13-30(14-16-31)20-10-9-19(27-28-20)29-11-3-1-2-4-12-29/h5-10H,1-4,11-16H2,(H,26,32). The average Bonchev–Trinajstić information content (AvgIpc) is 3.09. The quantitative estimate of drug-likeness (QED) is 0.734. The van der Waals surface area contributed by atoms with Crippen molar-refractivity contribution < 1.29 is 22.7 Å². The third kappa shape index (κ3) is 6.39. The first kappa shape index (κ1) is 22.9. The molecule has 0 bridgehead atoms. The van der Waals surface area contributed by atoms with Crippen molar-refractivity contribution in [1.29, 1.82) is 0 Å². The fourth-order valence-corrected chi connectivity index (χ4v) is 4.04. The first-order valence-corrected chi connectivity index (χ1v) is 11.1. The van der Waals surface area contributed by atoms with Gasteiger partial charge in [-0.2, -0.15) is 0 Å². The number of halogens is 3. The Hall–Kier alpha value is -3.24. The SMILES string of the molecule is O=C(Nc1ccc(OC(F)(F)F)cc1)N1CCN(c2ccc(N3CCCCCC3)nn2)CC1. The molecular formula is C22H27F3N6O2. The Kier molecular flexibility index (Phi) is 7.05. The molecule has 0 aliphatic carbocycles. The second-order valence-corrected chi connectivity index (χ2v) is 8.13. The van der Waals surface area contributed by atoms with Gasteiger partial charge in [0, 0.05) is 45.0 Å². The van der Waals surface area contributed by atoms with E-state index in [0.717, 1.165) is 36.9 Å². The van der Waals surface area contributed by atoms with E-state index in [0.29, 0.717) is 31.9 Å². The minimum atomic E-state index is -4.75. The van der Waals surface area contributed by atoms with Gasteiger partial charge in [0.15, 0.2) is 11.6 Å². The van der Waals surface area contributed by atoms with Gasteiger partial charge in [-0.1, -0.05) is 12.8 Å². The predicted octanol–water partition coefficient (Wildman–Crippen LogP) is 4.11. The van der Waals surface area contributed by atoms with Crippen LogP contribution in [0.4, 0.5) is 35.3 Å². The highest BCUT2D eigenvalue weighted by atomic mass is 19.4. The molecule has 0 atom stereocenters. The van der Waals surface area contributed by atoms with Crippen molar-refractivity contribution in [1.82, 2.24) is 15.1 Å². The first-order valence-electron chi connectivity index (χ1n) is 11.1. The maximum absolute atomic E-state index is 12.5. The molecular weight excluding hydrogens is 437 g/mol. The van der Waals surface area contributed by atoms with E-state index in [-0.39, 0.29) is 11.8 Å². The van der Waals surface area contributed by atoms with Crippen molar-refractivity contribution in [3.8, 4) is 5.75 Å². The van der Waals surface area contributed by atoms with Crippen LogP contribution < -0.4 is 19.9 Å². The molecule has 1 N–H and O–H groups in total. The Balaban J connectivity index is 1.26. The summed E-state index contributed by atoms with van der Waals surface area (Å²) in [5.41, 5.74) is 0.395. The molecule has 0 spiro atoms. The molecule has 11 heteroatoms. The molecule has 0 saturated carbocycles. The van der Waals surface area contributed by atoms with Crippen molar-refractivity contribution in [2.24, 2.45) is 0 Å². The molecule has 1 aromatic heterocycles. The number of nitrogens with zero attached hydrogens (tertiary/aromatic N) is 5. The van der Waals surface area contributed by atoms with E-state index in [1.165, 1.54) is 37.8 Å². The highest BCUT2D eigenvalue weighted by Crippen LogP contribution is 2.24. The van der Waals surface area contributed by atoms with E-state index in [1.807, 2.05) is 12.1 Å². The molecule has 0 radical (unpaired) electrons. The molecule has 2 saturated heterocycles. The lowest BCUT2D eigenvalue weighted by molar-refractivity contribution is -0.274. The molecule has 3 heterocycles. The van der Waals surface area contributed by atoms with Gasteiger partial charge >= 0.3 is 12.4 Å². The van der Waals surface area contributed by atoms with Gasteiger partial charge in [-0.15, -0.1) is 23.4 Å². The Morgan fingerprint density at radius 1 is 0.788 bits per heavy atom. The largest absolute Gasteiger partial charge is 0.573 e. The number of hydrogen-bond acceptors (Lipinski definition) is 6. The van der Waals surface area contributed by atoms with E-state index >= 15 is 0 Å². The van der Waals surface area contributed by atoms with E-state index < -0.39 is 6.36 Å². The Bertz CT molecular complexity index is 907. The number of amides is 2. The Labute approximate surface area is 190 Å². The molecule has 33 heavy (non-hydrogen) atoms. The minimum absolute atomic E-state index is 0.304. The summed E-state index contributed by atoms with van der Waals surface area (Å²) in [6.45, 7) is 4.25. The summed E-state index contributed by atoms with van der Waals surface area (Å²) in [4.78, 5) is 18.6. The van der Waals surface area contributed by atoms with Gasteiger partial charge in [-0.05, 0) is 49.2 Å². The van der Waals surface area contributed by atoms with Crippen molar-refractivity contribution >= 4 is 23.4 Å². The van der Waals surface area contributed by atoms with Crippen LogP contribution in [0.5, 0.6) is 5.75 Å². The topological polar surface area (TPSA) is 73.8 Å². The molecule has 0 unspecified atom stereocenters. The summed E-state index contributed by atoms with van der Waals surface area (Å²) < 4.78 is 40.6. The predicted molar refractivity (Wildman–Crippen MR) is 119 cm³/mol. The number of nitrogens with one attached hydrogen (secondary N) is 1. The molecule has 2 aliphatic rings. The number of benzene rings is 1. The zero-order chi connectivity index (χ0) is 23.3. The second-order valence-electron chi connectivity index (χ2n) is 8.13. The average molecular weight is 464 g/mol. The minimum Gasteiger partial charge on any atom is -0.406 e. The number of rotatable bonds is 4. The van der Waals surface area contributed by atoms with Crippen LogP contribution in [0.25, 0.3) is 0 Å². The van der Waals surface area contributed by atoms with E-state index in [2.05, 4.69) is 30.1 Å². The molecule has 2 amide bonds. The van der Waals surface area contributed by atoms with Gasteiger partial charge < -0.3 is 24.8 Å². The lowest BCUT2D eigenvalue weighted by atomic mass is 10.2. The van der Waals surface area contributed by atoms with Gasteiger partial charge in [-0.25, -0.2) is 4.79 Å². The summed E-state index contributed by atoms with van der Waals surface area (Å²) in [6.07, 6.45) is 0.134.